The van der Waals surface area contributed by atoms with Gasteiger partial charge >= 0.3 is 39.5 Å². The molecule has 0 aromatic rings. The SMILES string of the molecule is CCC(C)CCCCCCCCC(=O)OC[C@H](COP(=O)(O)OC[C@H](O)COP(=O)(O)OC[C@@H](COC(=O)CCCCCCCCCCC(C)C)OC(=O)CCCCCCCCCCCCCCCCCC(C)C)OC(=O)CCCCCCCCCCCCCCCCCCCCC(C)C. The van der Waals surface area contributed by atoms with Gasteiger partial charge in [0.25, 0.3) is 0 Å². The molecule has 3 unspecified atom stereocenters. The highest BCUT2D eigenvalue weighted by Crippen LogP contribution is 2.45. The first-order valence-corrected chi connectivity index (χ1v) is 44.7. The summed E-state index contributed by atoms with van der Waals surface area (Å²) in [5.74, 6) is 0.963. The maximum absolute atomic E-state index is 13.1. The van der Waals surface area contributed by atoms with Crippen molar-refractivity contribution in [1.82, 2.24) is 0 Å². The fourth-order valence-corrected chi connectivity index (χ4v) is 14.0. The summed E-state index contributed by atoms with van der Waals surface area (Å²) in [6, 6.07) is 0. The lowest BCUT2D eigenvalue weighted by molar-refractivity contribution is -0.161. The van der Waals surface area contributed by atoms with Crippen molar-refractivity contribution in [3.63, 3.8) is 0 Å². The van der Waals surface area contributed by atoms with Crippen LogP contribution in [0.3, 0.4) is 0 Å². The fourth-order valence-electron chi connectivity index (χ4n) is 12.4. The molecule has 0 aliphatic carbocycles. The van der Waals surface area contributed by atoms with E-state index in [4.69, 9.17) is 37.0 Å². The molecule has 0 saturated carbocycles. The summed E-state index contributed by atoms with van der Waals surface area (Å²) in [5.41, 5.74) is 0. The molecule has 100 heavy (non-hydrogen) atoms. The third kappa shape index (κ3) is 73.0. The van der Waals surface area contributed by atoms with Crippen molar-refractivity contribution in [3.05, 3.63) is 0 Å². The van der Waals surface area contributed by atoms with E-state index in [9.17, 15) is 43.2 Å². The summed E-state index contributed by atoms with van der Waals surface area (Å²) in [7, 11) is -9.92. The summed E-state index contributed by atoms with van der Waals surface area (Å²) in [4.78, 5) is 73.0. The Bertz CT molecular complexity index is 1960. The Kier molecular flexibility index (Phi) is 68.7. The van der Waals surface area contributed by atoms with Crippen molar-refractivity contribution in [1.29, 1.82) is 0 Å². The van der Waals surface area contributed by atoms with Crippen molar-refractivity contribution in [2.45, 2.75) is 433 Å². The molecule has 0 aliphatic rings. The van der Waals surface area contributed by atoms with Crippen LogP contribution in [-0.4, -0.2) is 96.7 Å². The second-order valence-corrected chi connectivity index (χ2v) is 33.7. The molecule has 0 aliphatic heterocycles. The average molecular weight is 1470 g/mol. The molecule has 0 aromatic carbocycles. The van der Waals surface area contributed by atoms with Gasteiger partial charge < -0.3 is 33.8 Å². The second-order valence-electron chi connectivity index (χ2n) is 30.8. The first-order valence-electron chi connectivity index (χ1n) is 41.7. The molecular formula is C81H158O17P2. The predicted molar refractivity (Wildman–Crippen MR) is 409 cm³/mol. The second kappa shape index (κ2) is 70.1. The average Bonchev–Trinajstić information content (AvgIpc) is 0.915. The van der Waals surface area contributed by atoms with E-state index in [0.717, 1.165) is 120 Å². The van der Waals surface area contributed by atoms with Gasteiger partial charge in [-0.25, -0.2) is 9.13 Å². The Labute approximate surface area is 613 Å². The minimum Gasteiger partial charge on any atom is -0.462 e. The molecule has 594 valence electrons. The molecule has 17 nitrogen and oxygen atoms in total. The quantitative estimate of drug-likeness (QED) is 0.0222. The number of aliphatic hydroxyl groups is 1. The van der Waals surface area contributed by atoms with Gasteiger partial charge in [0, 0.05) is 25.7 Å². The van der Waals surface area contributed by atoms with Crippen LogP contribution in [0.25, 0.3) is 0 Å². The third-order valence-corrected chi connectivity index (χ3v) is 21.1. The Balaban J connectivity index is 5.18. The van der Waals surface area contributed by atoms with E-state index >= 15 is 0 Å². The van der Waals surface area contributed by atoms with Gasteiger partial charge in [0.1, 0.15) is 19.3 Å². The van der Waals surface area contributed by atoms with Gasteiger partial charge in [-0.3, -0.25) is 37.3 Å². The number of esters is 4. The number of phosphoric acid groups is 2. The molecule has 0 saturated heterocycles. The third-order valence-electron chi connectivity index (χ3n) is 19.2. The van der Waals surface area contributed by atoms with Crippen LogP contribution in [0.15, 0.2) is 0 Å². The zero-order valence-electron chi connectivity index (χ0n) is 65.8. The molecule has 0 heterocycles. The smallest absolute Gasteiger partial charge is 0.462 e. The van der Waals surface area contributed by atoms with Crippen molar-refractivity contribution in [2.24, 2.45) is 23.7 Å². The van der Waals surface area contributed by atoms with Crippen molar-refractivity contribution in [3.8, 4) is 0 Å². The Morgan fingerprint density at radius 1 is 0.280 bits per heavy atom. The summed E-state index contributed by atoms with van der Waals surface area (Å²) in [6.07, 6.45) is 57.1. The first-order chi connectivity index (χ1) is 48.1. The van der Waals surface area contributed by atoms with E-state index in [1.54, 1.807) is 0 Å². The van der Waals surface area contributed by atoms with Gasteiger partial charge in [0.2, 0.25) is 0 Å². The van der Waals surface area contributed by atoms with Gasteiger partial charge in [0.15, 0.2) is 12.2 Å². The van der Waals surface area contributed by atoms with Crippen molar-refractivity contribution in [2.75, 3.05) is 39.6 Å². The van der Waals surface area contributed by atoms with Crippen LogP contribution in [0.2, 0.25) is 0 Å². The van der Waals surface area contributed by atoms with Crippen LogP contribution in [0.4, 0.5) is 0 Å². The van der Waals surface area contributed by atoms with E-state index in [1.165, 1.54) is 212 Å². The monoisotopic (exact) mass is 1470 g/mol. The van der Waals surface area contributed by atoms with Crippen LogP contribution in [0.1, 0.15) is 415 Å². The van der Waals surface area contributed by atoms with E-state index in [2.05, 4.69) is 55.4 Å². The molecule has 0 bridgehead atoms. The van der Waals surface area contributed by atoms with Crippen LogP contribution >= 0.6 is 15.6 Å². The number of hydrogen-bond acceptors (Lipinski definition) is 15. The van der Waals surface area contributed by atoms with Crippen LogP contribution < -0.4 is 0 Å². The number of aliphatic hydroxyl groups excluding tert-OH is 1. The summed E-state index contributed by atoms with van der Waals surface area (Å²) in [5, 5.41) is 10.6. The molecule has 0 radical (unpaired) electrons. The van der Waals surface area contributed by atoms with Crippen LogP contribution in [0, 0.1) is 23.7 Å². The van der Waals surface area contributed by atoms with E-state index in [-0.39, 0.29) is 25.7 Å². The molecule has 0 fully saturated rings. The summed E-state index contributed by atoms with van der Waals surface area (Å²) < 4.78 is 68.7. The molecule has 19 heteroatoms. The lowest BCUT2D eigenvalue weighted by atomic mass is 10.00. The van der Waals surface area contributed by atoms with Crippen molar-refractivity contribution >= 4 is 39.5 Å². The fraction of sp³-hybridized carbons (Fsp3) is 0.951. The number of rotatable bonds is 78. The number of unbranched alkanes of at least 4 members (excludes halogenated alkanes) is 43. The molecule has 3 N–H and O–H groups in total. The molecule has 0 aromatic heterocycles. The van der Waals surface area contributed by atoms with E-state index in [1.807, 2.05) is 0 Å². The number of phosphoric ester groups is 2. The van der Waals surface area contributed by atoms with Gasteiger partial charge in [-0.2, -0.15) is 0 Å². The largest absolute Gasteiger partial charge is 0.472 e. The number of ether oxygens (including phenoxy) is 4. The van der Waals surface area contributed by atoms with Gasteiger partial charge in [0.05, 0.1) is 26.4 Å². The molecular weight excluding hydrogens is 1310 g/mol. The lowest BCUT2D eigenvalue weighted by Crippen LogP contribution is -2.30. The molecule has 0 spiro atoms. The zero-order valence-corrected chi connectivity index (χ0v) is 67.6. The minimum absolute atomic E-state index is 0.107. The Morgan fingerprint density at radius 3 is 0.710 bits per heavy atom. The molecule has 6 atom stereocenters. The van der Waals surface area contributed by atoms with E-state index in [0.29, 0.717) is 25.7 Å². The number of carbonyl (C=O) groups excluding carboxylic acids is 4. The lowest BCUT2D eigenvalue weighted by Gasteiger charge is -2.21. The Hall–Kier alpha value is -1.94. The van der Waals surface area contributed by atoms with Crippen LogP contribution in [-0.2, 0) is 65.4 Å². The minimum atomic E-state index is -4.96. The first kappa shape index (κ1) is 98.1. The van der Waals surface area contributed by atoms with Crippen molar-refractivity contribution < 1.29 is 80.2 Å². The maximum Gasteiger partial charge on any atom is 0.472 e. The summed E-state index contributed by atoms with van der Waals surface area (Å²) in [6.45, 7) is 14.2. The molecule has 0 amide bonds. The summed E-state index contributed by atoms with van der Waals surface area (Å²) >= 11 is 0. The number of hydrogen-bond donors (Lipinski definition) is 3. The normalized spacial score (nSPS) is 14.3. The highest BCUT2D eigenvalue weighted by molar-refractivity contribution is 7.47. The topological polar surface area (TPSA) is 237 Å². The standard InChI is InChI=1S/C81H158O17P2/c1-9-74(8)60-52-44-39-40-46-54-62-79(84)92-68-77(98-81(86)64-55-47-37-29-25-21-17-13-11-10-12-15-19-23-27-33-41-49-57-71(2)3)70-96-100(89,90)94-66-75(82)65-93-99(87,88)95-69-76(67-91-78(83)61-53-45-36-32-31-35-43-51-59-73(6)7)97-80(85)63-56-48-38-30-26-22-18-14-16-20-24-28-34-42-50-58-72(4)5/h71-77,82H,9-70H2,1-8H3,(H,87,88)(H,89,90)/t74?,75-,76-,77-/m1/s1. The number of carbonyl (C=O) groups is 4. The maximum atomic E-state index is 13.1. The van der Waals surface area contributed by atoms with E-state index < -0.39 is 97.5 Å². The molecule has 0 rings (SSSR count). The van der Waals surface area contributed by atoms with Crippen LogP contribution in [0.5, 0.6) is 0 Å². The highest BCUT2D eigenvalue weighted by Gasteiger charge is 2.30. The predicted octanol–water partition coefficient (Wildman–Crippen LogP) is 24.0. The van der Waals surface area contributed by atoms with Gasteiger partial charge in [-0.1, -0.05) is 364 Å². The Morgan fingerprint density at radius 2 is 0.480 bits per heavy atom. The highest BCUT2D eigenvalue weighted by atomic mass is 31.2. The zero-order chi connectivity index (χ0) is 73.8. The van der Waals surface area contributed by atoms with Gasteiger partial charge in [-0.15, -0.1) is 0 Å². The van der Waals surface area contributed by atoms with Gasteiger partial charge in [-0.05, 0) is 49.4 Å².